The molecule has 2 aliphatic rings. The maximum atomic E-state index is 12.6. The lowest BCUT2D eigenvalue weighted by Gasteiger charge is -2.27. The topological polar surface area (TPSA) is 101 Å². The van der Waals surface area contributed by atoms with Crippen LogP contribution in [-0.2, 0) is 14.8 Å². The van der Waals surface area contributed by atoms with Crippen molar-refractivity contribution in [2.75, 3.05) is 5.32 Å². The molecule has 4 unspecified atom stereocenters. The number of rotatable bonds is 4. The summed E-state index contributed by atoms with van der Waals surface area (Å²) in [5.74, 6) is 0.530. The molecule has 1 aromatic rings. The largest absolute Gasteiger partial charge is 0.327 e. The highest BCUT2D eigenvalue weighted by Gasteiger charge is 2.49. The number of hydrogen-bond acceptors (Lipinski definition) is 4. The number of carbonyl (C=O) groups is 1. The highest BCUT2D eigenvalue weighted by molar-refractivity contribution is 7.89. The van der Waals surface area contributed by atoms with Crippen LogP contribution in [0.25, 0.3) is 0 Å². The van der Waals surface area contributed by atoms with Crippen LogP contribution in [0.5, 0.6) is 0 Å². The number of nitrogens with one attached hydrogen (secondary N) is 2. The first-order valence-electron chi connectivity index (χ1n) is 8.77. The number of sulfonamides is 1. The third-order valence-corrected chi connectivity index (χ3v) is 6.89. The summed E-state index contributed by atoms with van der Waals surface area (Å²) in [5.41, 5.74) is 6.13. The maximum absolute atomic E-state index is 12.6. The molecule has 0 aromatic heterocycles. The summed E-state index contributed by atoms with van der Waals surface area (Å²) < 4.78 is 27.5. The van der Waals surface area contributed by atoms with Gasteiger partial charge < -0.3 is 11.1 Å². The summed E-state index contributed by atoms with van der Waals surface area (Å²) in [5, 5.41) is 2.86. The molecule has 4 N–H and O–H groups in total. The molecule has 4 atom stereocenters. The van der Waals surface area contributed by atoms with Gasteiger partial charge in [0.15, 0.2) is 0 Å². The number of hydrogen-bond donors (Lipinski definition) is 3. The van der Waals surface area contributed by atoms with Crippen molar-refractivity contribution in [3.8, 4) is 0 Å². The van der Waals surface area contributed by atoms with Crippen molar-refractivity contribution in [2.45, 2.75) is 56.5 Å². The lowest BCUT2D eigenvalue weighted by atomic mass is 9.84. The highest BCUT2D eigenvalue weighted by atomic mass is 35.5. The second-order valence-electron chi connectivity index (χ2n) is 8.31. The van der Waals surface area contributed by atoms with Crippen LogP contribution in [0.1, 0.15) is 40.0 Å². The highest BCUT2D eigenvalue weighted by Crippen LogP contribution is 2.47. The fraction of sp³-hybridized carbons (Fsp3) is 0.611. The Bertz CT molecular complexity index is 774. The van der Waals surface area contributed by atoms with E-state index in [4.69, 9.17) is 5.73 Å². The van der Waals surface area contributed by atoms with Gasteiger partial charge in [0.05, 0.1) is 10.8 Å². The number of carbonyl (C=O) groups excluding carboxylic acids is 1. The van der Waals surface area contributed by atoms with Gasteiger partial charge in [-0.05, 0) is 70.1 Å². The summed E-state index contributed by atoms with van der Waals surface area (Å²) in [6.45, 7) is 5.35. The Hall–Kier alpha value is -1.15. The Morgan fingerprint density at radius 3 is 2.42 bits per heavy atom. The van der Waals surface area contributed by atoms with Crippen LogP contribution in [0.3, 0.4) is 0 Å². The van der Waals surface area contributed by atoms with Crippen LogP contribution in [0.2, 0.25) is 0 Å². The Balaban J connectivity index is 0.00000243. The van der Waals surface area contributed by atoms with Gasteiger partial charge in [-0.2, -0.15) is 0 Å². The molecule has 146 valence electrons. The molecule has 6 nitrogen and oxygen atoms in total. The number of halogens is 1. The van der Waals surface area contributed by atoms with Crippen LogP contribution in [0.15, 0.2) is 29.2 Å². The van der Waals surface area contributed by atoms with E-state index in [-0.39, 0.29) is 35.2 Å². The summed E-state index contributed by atoms with van der Waals surface area (Å²) in [7, 11) is -3.64. The second-order valence-corrected chi connectivity index (χ2v) is 9.99. The van der Waals surface area contributed by atoms with E-state index in [0.29, 0.717) is 17.5 Å². The monoisotopic (exact) mass is 401 g/mol. The summed E-state index contributed by atoms with van der Waals surface area (Å²) in [4.78, 5) is 12.8. The van der Waals surface area contributed by atoms with E-state index in [1.54, 1.807) is 32.9 Å². The molecule has 26 heavy (non-hydrogen) atoms. The van der Waals surface area contributed by atoms with Gasteiger partial charge in [0, 0.05) is 17.3 Å². The molecule has 1 amide bonds. The van der Waals surface area contributed by atoms with Crippen LogP contribution < -0.4 is 15.8 Å². The van der Waals surface area contributed by atoms with E-state index in [2.05, 4.69) is 10.0 Å². The number of benzene rings is 1. The predicted molar refractivity (Wildman–Crippen MR) is 105 cm³/mol. The third-order valence-electron chi connectivity index (χ3n) is 5.14. The number of amides is 1. The predicted octanol–water partition coefficient (Wildman–Crippen LogP) is 2.50. The SMILES string of the molecule is CC(C)(C)NS(=O)(=O)c1cccc(NC(=O)C2C3CCC(C3)C2N)c1.Cl. The first-order valence-corrected chi connectivity index (χ1v) is 10.3. The van der Waals surface area contributed by atoms with Gasteiger partial charge in [-0.1, -0.05) is 6.07 Å². The maximum Gasteiger partial charge on any atom is 0.241 e. The van der Waals surface area contributed by atoms with Crippen molar-refractivity contribution in [3.05, 3.63) is 24.3 Å². The molecule has 0 heterocycles. The fourth-order valence-corrected chi connectivity index (χ4v) is 5.62. The Labute approximate surface area is 161 Å². The Morgan fingerprint density at radius 1 is 1.19 bits per heavy atom. The van der Waals surface area contributed by atoms with E-state index in [0.717, 1.165) is 19.3 Å². The summed E-state index contributed by atoms with van der Waals surface area (Å²) >= 11 is 0. The van der Waals surface area contributed by atoms with Crippen LogP contribution >= 0.6 is 12.4 Å². The second kappa shape index (κ2) is 7.46. The van der Waals surface area contributed by atoms with E-state index in [1.165, 1.54) is 12.1 Å². The first-order chi connectivity index (χ1) is 11.6. The average molecular weight is 402 g/mol. The van der Waals surface area contributed by atoms with E-state index < -0.39 is 15.6 Å². The van der Waals surface area contributed by atoms with Gasteiger partial charge in [-0.15, -0.1) is 12.4 Å². The van der Waals surface area contributed by atoms with Gasteiger partial charge in [-0.3, -0.25) is 4.79 Å². The van der Waals surface area contributed by atoms with Crippen LogP contribution in [-0.4, -0.2) is 25.9 Å². The van der Waals surface area contributed by atoms with Crippen molar-refractivity contribution in [3.63, 3.8) is 0 Å². The molecule has 0 aliphatic heterocycles. The lowest BCUT2D eigenvalue weighted by Crippen LogP contribution is -2.42. The fourth-order valence-electron chi connectivity index (χ4n) is 4.15. The van der Waals surface area contributed by atoms with Crippen molar-refractivity contribution in [2.24, 2.45) is 23.5 Å². The quantitative estimate of drug-likeness (QED) is 0.721. The molecule has 2 fully saturated rings. The molecule has 2 bridgehead atoms. The zero-order valence-electron chi connectivity index (χ0n) is 15.4. The van der Waals surface area contributed by atoms with Gasteiger partial charge in [0.1, 0.15) is 0 Å². The third kappa shape index (κ3) is 4.39. The molecule has 2 saturated carbocycles. The minimum Gasteiger partial charge on any atom is -0.327 e. The number of fused-ring (bicyclic) bond motifs is 2. The minimum atomic E-state index is -3.64. The van der Waals surface area contributed by atoms with Crippen molar-refractivity contribution in [1.29, 1.82) is 0 Å². The standard InChI is InChI=1S/C18H27N3O3S.ClH/c1-18(2,3)21-25(23,24)14-6-4-5-13(10-14)20-17(22)15-11-7-8-12(9-11)16(15)19;/h4-6,10-12,15-16,21H,7-9,19H2,1-3H3,(H,20,22);1H. The van der Waals surface area contributed by atoms with Crippen molar-refractivity contribution in [1.82, 2.24) is 4.72 Å². The molecular formula is C18H28ClN3O3S. The van der Waals surface area contributed by atoms with Gasteiger partial charge >= 0.3 is 0 Å². The van der Waals surface area contributed by atoms with Crippen molar-refractivity contribution < 1.29 is 13.2 Å². The van der Waals surface area contributed by atoms with Gasteiger partial charge in [-0.25, -0.2) is 13.1 Å². The zero-order valence-corrected chi connectivity index (χ0v) is 17.0. The molecule has 0 saturated heterocycles. The minimum absolute atomic E-state index is 0. The molecular weight excluding hydrogens is 374 g/mol. The molecule has 3 rings (SSSR count). The first kappa shape index (κ1) is 21.2. The normalized spacial score (nSPS) is 27.8. The van der Waals surface area contributed by atoms with E-state index >= 15 is 0 Å². The van der Waals surface area contributed by atoms with Gasteiger partial charge in [0.2, 0.25) is 15.9 Å². The molecule has 0 radical (unpaired) electrons. The van der Waals surface area contributed by atoms with Crippen LogP contribution in [0.4, 0.5) is 5.69 Å². The zero-order chi connectivity index (χ0) is 18.4. The smallest absolute Gasteiger partial charge is 0.241 e. The Morgan fingerprint density at radius 2 is 1.85 bits per heavy atom. The summed E-state index contributed by atoms with van der Waals surface area (Å²) in [6.07, 6.45) is 3.20. The van der Waals surface area contributed by atoms with Gasteiger partial charge in [0.25, 0.3) is 0 Å². The van der Waals surface area contributed by atoms with E-state index in [9.17, 15) is 13.2 Å². The average Bonchev–Trinajstić information content (AvgIpc) is 3.05. The molecule has 1 aromatic carbocycles. The lowest BCUT2D eigenvalue weighted by molar-refractivity contribution is -0.121. The van der Waals surface area contributed by atoms with Crippen molar-refractivity contribution >= 4 is 34.0 Å². The molecule has 8 heteroatoms. The number of anilines is 1. The molecule has 0 spiro atoms. The Kier molecular flexibility index (Phi) is 6.07. The summed E-state index contributed by atoms with van der Waals surface area (Å²) in [6, 6.07) is 6.26. The molecule has 2 aliphatic carbocycles. The van der Waals surface area contributed by atoms with Crippen LogP contribution in [0, 0.1) is 17.8 Å². The number of nitrogens with two attached hydrogens (primary N) is 1. The van der Waals surface area contributed by atoms with E-state index in [1.807, 2.05) is 0 Å².